The van der Waals surface area contributed by atoms with Crippen molar-refractivity contribution in [3.63, 3.8) is 0 Å². The number of carbonyl (C=O) groups excluding carboxylic acids is 1. The molecule has 2 N–H and O–H groups in total. The zero-order valence-electron chi connectivity index (χ0n) is 19.3. The summed E-state index contributed by atoms with van der Waals surface area (Å²) < 4.78 is 6.26. The molecule has 1 aromatic heterocycles. The van der Waals surface area contributed by atoms with Crippen LogP contribution in [0, 0.1) is 5.92 Å². The van der Waals surface area contributed by atoms with Gasteiger partial charge in [0.25, 0.3) is 0 Å². The van der Waals surface area contributed by atoms with Crippen LogP contribution in [0.3, 0.4) is 0 Å². The van der Waals surface area contributed by atoms with Crippen molar-refractivity contribution < 1.29 is 9.53 Å². The van der Waals surface area contributed by atoms with Crippen LogP contribution in [0.5, 0.6) is 0 Å². The first-order valence-electron chi connectivity index (χ1n) is 11.5. The van der Waals surface area contributed by atoms with E-state index >= 15 is 0 Å². The Labute approximate surface area is 199 Å². The molecule has 0 fully saturated rings. The Balaban J connectivity index is 1.45. The quantitative estimate of drug-likeness (QED) is 0.244. The number of aromatic nitrogens is 2. The van der Waals surface area contributed by atoms with E-state index in [9.17, 15) is 4.79 Å². The zero-order valence-corrected chi connectivity index (χ0v) is 20.9. The van der Waals surface area contributed by atoms with E-state index in [0.717, 1.165) is 72.1 Å². The third kappa shape index (κ3) is 5.78. The second-order valence-electron chi connectivity index (χ2n) is 8.64. The molecule has 2 aromatic carbocycles. The lowest BCUT2D eigenvalue weighted by atomic mass is 9.68. The van der Waals surface area contributed by atoms with Gasteiger partial charge in [-0.15, -0.1) is 0 Å². The maximum atomic E-state index is 12.9. The number of halogens is 1. The molecule has 5 nitrogen and oxygen atoms in total. The number of aromatic amines is 1. The normalized spacial score (nSPS) is 13.4. The lowest BCUT2D eigenvalue weighted by Gasteiger charge is -2.35. The number of carbonyl (C=O) groups is 1. The third-order valence-electron chi connectivity index (χ3n) is 6.27. The molecule has 1 heterocycles. The third-order valence-corrected chi connectivity index (χ3v) is 6.80. The molecule has 6 heteroatoms. The lowest BCUT2D eigenvalue weighted by molar-refractivity contribution is -0.150. The smallest absolute Gasteiger partial charge is 0.316 e. The highest BCUT2D eigenvalue weighted by atomic mass is 79.9. The first-order chi connectivity index (χ1) is 15.5. The molecule has 0 spiro atoms. The van der Waals surface area contributed by atoms with Gasteiger partial charge in [0, 0.05) is 10.9 Å². The van der Waals surface area contributed by atoms with Crippen LogP contribution in [-0.2, 0) is 21.4 Å². The van der Waals surface area contributed by atoms with E-state index in [1.54, 1.807) is 0 Å². The van der Waals surface area contributed by atoms with Gasteiger partial charge < -0.3 is 15.0 Å². The molecule has 0 amide bonds. The number of aryl methyl sites for hydroxylation is 1. The van der Waals surface area contributed by atoms with Crippen LogP contribution in [-0.4, -0.2) is 36.1 Å². The monoisotopic (exact) mass is 499 g/mol. The van der Waals surface area contributed by atoms with Gasteiger partial charge in [-0.25, -0.2) is 4.98 Å². The summed E-state index contributed by atoms with van der Waals surface area (Å²) in [6.45, 7) is 6.05. The van der Waals surface area contributed by atoms with Crippen LogP contribution in [0.25, 0.3) is 11.0 Å². The maximum Gasteiger partial charge on any atom is 0.316 e. The van der Waals surface area contributed by atoms with Gasteiger partial charge in [0.2, 0.25) is 0 Å². The number of methoxy groups -OCH3 is 1. The van der Waals surface area contributed by atoms with Crippen LogP contribution in [0.1, 0.15) is 50.9 Å². The number of ether oxygens (including phenoxy) is 1. The number of H-pyrrole nitrogens is 1. The highest BCUT2D eigenvalue weighted by Gasteiger charge is 2.43. The molecule has 1 atom stereocenters. The van der Waals surface area contributed by atoms with E-state index in [-0.39, 0.29) is 11.9 Å². The SMILES string of the molecule is COC(=O)C(CCCNCCCCc1nc2ccccc2[nH]1)(c1ccc(Br)cc1)C(C)C. The summed E-state index contributed by atoms with van der Waals surface area (Å²) in [5, 5.41) is 3.54. The molecule has 0 aliphatic heterocycles. The van der Waals surface area contributed by atoms with Gasteiger partial charge in [-0.3, -0.25) is 4.79 Å². The number of nitrogens with zero attached hydrogens (tertiary/aromatic N) is 1. The van der Waals surface area contributed by atoms with Gasteiger partial charge in [0.15, 0.2) is 0 Å². The van der Waals surface area contributed by atoms with E-state index in [4.69, 9.17) is 4.74 Å². The van der Waals surface area contributed by atoms with Crippen molar-refractivity contribution in [3.8, 4) is 0 Å². The molecule has 3 rings (SSSR count). The van der Waals surface area contributed by atoms with Crippen LogP contribution >= 0.6 is 15.9 Å². The fourth-order valence-electron chi connectivity index (χ4n) is 4.44. The number of benzene rings is 2. The van der Waals surface area contributed by atoms with Crippen molar-refractivity contribution in [1.29, 1.82) is 0 Å². The predicted molar refractivity (Wildman–Crippen MR) is 134 cm³/mol. The fourth-order valence-corrected chi connectivity index (χ4v) is 4.70. The maximum absolute atomic E-state index is 12.9. The minimum absolute atomic E-state index is 0.139. The van der Waals surface area contributed by atoms with Crippen LogP contribution < -0.4 is 5.32 Å². The van der Waals surface area contributed by atoms with Gasteiger partial charge >= 0.3 is 5.97 Å². The molecule has 0 radical (unpaired) electrons. The van der Waals surface area contributed by atoms with Gasteiger partial charge in [-0.05, 0) is 74.5 Å². The van der Waals surface area contributed by atoms with E-state index < -0.39 is 5.41 Å². The van der Waals surface area contributed by atoms with Gasteiger partial charge in [-0.2, -0.15) is 0 Å². The molecule has 3 aromatic rings. The summed E-state index contributed by atoms with van der Waals surface area (Å²) in [7, 11) is 1.48. The first kappa shape index (κ1) is 24.5. The predicted octanol–water partition coefficient (Wildman–Crippen LogP) is 5.78. The molecule has 172 valence electrons. The summed E-state index contributed by atoms with van der Waals surface area (Å²) in [6, 6.07) is 16.2. The molecule has 0 aliphatic carbocycles. The summed E-state index contributed by atoms with van der Waals surface area (Å²) in [5.41, 5.74) is 2.53. The Morgan fingerprint density at radius 1 is 1.09 bits per heavy atom. The van der Waals surface area contributed by atoms with Crippen LogP contribution in [0.2, 0.25) is 0 Å². The molecule has 0 saturated heterocycles. The summed E-state index contributed by atoms with van der Waals surface area (Å²) >= 11 is 3.49. The standard InChI is InChI=1S/C26H34BrN3O2/c1-19(2)26(25(31)32-3,20-12-14-21(27)15-13-20)16-8-18-28-17-7-6-11-24-29-22-9-4-5-10-23(22)30-24/h4-5,9-10,12-15,19,28H,6-8,11,16-18H2,1-3H3,(H,29,30). The van der Waals surface area contributed by atoms with Crippen LogP contribution in [0.4, 0.5) is 0 Å². The van der Waals surface area contributed by atoms with Crippen molar-refractivity contribution in [2.75, 3.05) is 20.2 Å². The minimum atomic E-state index is -0.627. The number of para-hydroxylation sites is 2. The average molecular weight is 500 g/mol. The van der Waals surface area contributed by atoms with Crippen molar-refractivity contribution in [2.24, 2.45) is 5.92 Å². The number of nitrogens with one attached hydrogen (secondary N) is 2. The average Bonchev–Trinajstić information content (AvgIpc) is 3.21. The summed E-state index contributed by atoms with van der Waals surface area (Å²) in [4.78, 5) is 20.9. The van der Waals surface area contributed by atoms with E-state index in [1.807, 2.05) is 42.5 Å². The number of hydrogen-bond donors (Lipinski definition) is 2. The Bertz CT molecular complexity index is 967. The highest BCUT2D eigenvalue weighted by molar-refractivity contribution is 9.10. The van der Waals surface area contributed by atoms with Gasteiger partial charge in [0.1, 0.15) is 5.82 Å². The van der Waals surface area contributed by atoms with Gasteiger partial charge in [-0.1, -0.05) is 54.0 Å². The van der Waals surface area contributed by atoms with E-state index in [2.05, 4.69) is 51.1 Å². The number of imidazole rings is 1. The Morgan fingerprint density at radius 3 is 2.50 bits per heavy atom. The minimum Gasteiger partial charge on any atom is -0.468 e. The summed E-state index contributed by atoms with van der Waals surface area (Å²) in [5.74, 6) is 1.04. The Hall–Kier alpha value is -2.18. The fraction of sp³-hybridized carbons (Fsp3) is 0.462. The second kappa shape index (κ2) is 11.6. The molecular formula is C26H34BrN3O2. The van der Waals surface area contributed by atoms with Crippen molar-refractivity contribution in [1.82, 2.24) is 15.3 Å². The molecule has 32 heavy (non-hydrogen) atoms. The van der Waals surface area contributed by atoms with Crippen molar-refractivity contribution in [2.45, 2.75) is 51.4 Å². The molecule has 0 aliphatic rings. The van der Waals surface area contributed by atoms with Crippen LogP contribution in [0.15, 0.2) is 53.0 Å². The number of fused-ring (bicyclic) bond motifs is 1. The molecular weight excluding hydrogens is 466 g/mol. The van der Waals surface area contributed by atoms with E-state index in [0.29, 0.717) is 0 Å². The number of hydrogen-bond acceptors (Lipinski definition) is 4. The topological polar surface area (TPSA) is 67.0 Å². The molecule has 0 saturated carbocycles. The van der Waals surface area contributed by atoms with Crippen molar-refractivity contribution in [3.05, 3.63) is 64.4 Å². The van der Waals surface area contributed by atoms with E-state index in [1.165, 1.54) is 7.11 Å². The number of esters is 1. The Kier molecular flexibility index (Phi) is 8.88. The second-order valence-corrected chi connectivity index (χ2v) is 9.55. The van der Waals surface area contributed by atoms with Crippen molar-refractivity contribution >= 4 is 32.9 Å². The Morgan fingerprint density at radius 2 is 1.81 bits per heavy atom. The first-order valence-corrected chi connectivity index (χ1v) is 12.3. The van der Waals surface area contributed by atoms with Gasteiger partial charge in [0.05, 0.1) is 23.6 Å². The number of unbranched alkanes of at least 4 members (excludes halogenated alkanes) is 1. The molecule has 0 bridgehead atoms. The largest absolute Gasteiger partial charge is 0.468 e. The molecule has 1 unspecified atom stereocenters. The zero-order chi connectivity index (χ0) is 23.0. The summed E-state index contributed by atoms with van der Waals surface area (Å²) in [6.07, 6.45) is 4.80. The number of rotatable bonds is 12. The lowest BCUT2D eigenvalue weighted by Crippen LogP contribution is -2.42. The highest BCUT2D eigenvalue weighted by Crippen LogP contribution is 2.38.